The van der Waals surface area contributed by atoms with Crippen LogP contribution in [0.3, 0.4) is 0 Å². The number of nitrogens with zero attached hydrogens (tertiary/aromatic N) is 1. The van der Waals surface area contributed by atoms with Gasteiger partial charge in [-0.05, 0) is 12.8 Å². The zero-order valence-corrected chi connectivity index (χ0v) is 6.82. The maximum Gasteiger partial charge on any atom is 0.264 e. The average molecular weight is 168 g/mol. The molecule has 4 heteroatoms. The summed E-state index contributed by atoms with van der Waals surface area (Å²) in [7, 11) is 0. The molecule has 0 aromatic carbocycles. The second-order valence-corrected chi connectivity index (χ2v) is 3.84. The van der Waals surface area contributed by atoms with Crippen molar-refractivity contribution < 1.29 is 9.63 Å². The Labute approximate surface area is 70.8 Å². The molecule has 3 unspecified atom stereocenters. The zero-order chi connectivity index (χ0) is 8.13. The first-order chi connectivity index (χ1) is 5.86. The predicted octanol–water partition coefficient (Wildman–Crippen LogP) is 0.411. The second-order valence-electron chi connectivity index (χ2n) is 3.84. The lowest BCUT2D eigenvalue weighted by Gasteiger charge is -2.52. The van der Waals surface area contributed by atoms with Crippen molar-refractivity contribution in [2.24, 2.45) is 11.8 Å². The lowest BCUT2D eigenvalue weighted by Crippen LogP contribution is -2.72. The molecule has 3 saturated heterocycles. The van der Waals surface area contributed by atoms with Gasteiger partial charge in [-0.15, -0.1) is 5.17 Å². The molecule has 0 aromatic heterocycles. The van der Waals surface area contributed by atoms with Crippen molar-refractivity contribution in [3.8, 4) is 0 Å². The van der Waals surface area contributed by atoms with Crippen molar-refractivity contribution in [2.45, 2.75) is 31.9 Å². The number of hydrazine groups is 1. The van der Waals surface area contributed by atoms with Crippen LogP contribution in [0.15, 0.2) is 0 Å². The number of rotatable bonds is 0. The van der Waals surface area contributed by atoms with Crippen LogP contribution in [-0.2, 0) is 9.63 Å². The molecule has 3 atom stereocenters. The molecule has 0 radical (unpaired) electrons. The maximum absolute atomic E-state index is 11.5. The Balaban J connectivity index is 1.86. The number of hydrogen-bond acceptors (Lipinski definition) is 3. The van der Waals surface area contributed by atoms with E-state index in [1.54, 1.807) is 0 Å². The summed E-state index contributed by atoms with van der Waals surface area (Å²) in [6.45, 7) is 0. The Morgan fingerprint density at radius 3 is 2.92 bits per heavy atom. The van der Waals surface area contributed by atoms with Crippen molar-refractivity contribution in [3.63, 3.8) is 0 Å². The van der Waals surface area contributed by atoms with Gasteiger partial charge < -0.3 is 0 Å². The molecule has 1 amide bonds. The molecule has 3 aliphatic heterocycles. The fourth-order valence-electron chi connectivity index (χ4n) is 2.50. The highest BCUT2D eigenvalue weighted by atomic mass is 16.8. The Hall–Kier alpha value is -0.610. The van der Waals surface area contributed by atoms with E-state index in [1.165, 1.54) is 18.0 Å². The largest absolute Gasteiger partial charge is 0.271 e. The minimum atomic E-state index is 0.132. The third kappa shape index (κ3) is 0.716. The van der Waals surface area contributed by atoms with Crippen LogP contribution in [0.25, 0.3) is 0 Å². The van der Waals surface area contributed by atoms with Crippen molar-refractivity contribution in [3.05, 3.63) is 0 Å². The number of hydroxylamine groups is 1. The third-order valence-corrected chi connectivity index (χ3v) is 3.19. The monoisotopic (exact) mass is 168 g/mol. The fraction of sp³-hybridized carbons (Fsp3) is 0.875. The van der Waals surface area contributed by atoms with Gasteiger partial charge in [0.2, 0.25) is 0 Å². The SMILES string of the molecule is O=C1C2CCCCC2C2NN1O2. The van der Waals surface area contributed by atoms with Gasteiger partial charge in [0.1, 0.15) is 0 Å². The molecular weight excluding hydrogens is 156 g/mol. The van der Waals surface area contributed by atoms with Gasteiger partial charge in [0.25, 0.3) is 5.91 Å². The molecule has 0 aromatic rings. The highest BCUT2D eigenvalue weighted by Crippen LogP contribution is 2.40. The molecule has 4 nitrogen and oxygen atoms in total. The van der Waals surface area contributed by atoms with Crippen LogP contribution in [0.4, 0.5) is 0 Å². The third-order valence-electron chi connectivity index (χ3n) is 3.19. The summed E-state index contributed by atoms with van der Waals surface area (Å²) in [5.41, 5.74) is 2.99. The molecule has 1 aliphatic carbocycles. The number of amides is 1. The van der Waals surface area contributed by atoms with Gasteiger partial charge in [-0.3, -0.25) is 4.79 Å². The van der Waals surface area contributed by atoms with Gasteiger partial charge in [0.15, 0.2) is 6.23 Å². The Morgan fingerprint density at radius 2 is 2.17 bits per heavy atom. The van der Waals surface area contributed by atoms with Crippen LogP contribution in [0.2, 0.25) is 0 Å². The van der Waals surface area contributed by atoms with Gasteiger partial charge >= 0.3 is 0 Å². The number of carbonyl (C=O) groups is 1. The fourth-order valence-corrected chi connectivity index (χ4v) is 2.50. The summed E-state index contributed by atoms with van der Waals surface area (Å²) in [5.74, 6) is 0.831. The van der Waals surface area contributed by atoms with Crippen LogP contribution in [0.1, 0.15) is 25.7 Å². The van der Waals surface area contributed by atoms with E-state index in [1.807, 2.05) is 0 Å². The first kappa shape index (κ1) is 6.86. The second kappa shape index (κ2) is 2.20. The van der Waals surface area contributed by atoms with Gasteiger partial charge in [0, 0.05) is 11.8 Å². The maximum atomic E-state index is 11.5. The standard InChI is InChI=1S/C8H12N2O2/c11-8-6-4-2-1-3-5(6)7-9-10(8)12-7/h5-7,9H,1-4H2. The number of carbonyl (C=O) groups excluding carboxylic acids is 1. The smallest absolute Gasteiger partial charge is 0.264 e. The molecule has 4 aliphatic rings. The van der Waals surface area contributed by atoms with Crippen LogP contribution in [0.5, 0.6) is 0 Å². The van der Waals surface area contributed by atoms with E-state index in [0.717, 1.165) is 12.8 Å². The van der Waals surface area contributed by atoms with Gasteiger partial charge in [-0.2, -0.15) is 5.43 Å². The minimum absolute atomic E-state index is 0.132. The van der Waals surface area contributed by atoms with Crippen LogP contribution < -0.4 is 5.43 Å². The Morgan fingerprint density at radius 1 is 1.42 bits per heavy atom. The highest BCUT2D eigenvalue weighted by Gasteiger charge is 2.52. The van der Waals surface area contributed by atoms with E-state index in [4.69, 9.17) is 4.84 Å². The van der Waals surface area contributed by atoms with E-state index in [0.29, 0.717) is 5.92 Å². The predicted molar refractivity (Wildman–Crippen MR) is 40.3 cm³/mol. The normalized spacial score (nSPS) is 45.2. The van der Waals surface area contributed by atoms with Gasteiger partial charge in [-0.25, -0.2) is 4.84 Å². The average Bonchev–Trinajstić information content (AvgIpc) is 2.02. The van der Waals surface area contributed by atoms with Crippen LogP contribution >= 0.6 is 0 Å². The molecule has 1 N–H and O–H groups in total. The summed E-state index contributed by atoms with van der Waals surface area (Å²) in [6, 6.07) is 0. The number of nitrogens with one attached hydrogen (secondary N) is 1. The molecule has 12 heavy (non-hydrogen) atoms. The van der Waals surface area contributed by atoms with E-state index in [2.05, 4.69) is 5.43 Å². The lowest BCUT2D eigenvalue weighted by molar-refractivity contribution is -0.375. The molecule has 4 fully saturated rings. The molecule has 2 bridgehead atoms. The van der Waals surface area contributed by atoms with E-state index < -0.39 is 0 Å². The molecule has 3 heterocycles. The summed E-state index contributed by atoms with van der Waals surface area (Å²) in [5, 5.41) is 1.30. The quantitative estimate of drug-likeness (QED) is 0.569. The van der Waals surface area contributed by atoms with Crippen molar-refractivity contribution in [1.82, 2.24) is 10.6 Å². The summed E-state index contributed by atoms with van der Waals surface area (Å²) in [6.07, 6.45) is 4.78. The summed E-state index contributed by atoms with van der Waals surface area (Å²) < 4.78 is 0. The van der Waals surface area contributed by atoms with Crippen LogP contribution in [-0.4, -0.2) is 17.3 Å². The van der Waals surface area contributed by atoms with E-state index in [9.17, 15) is 4.79 Å². The minimum Gasteiger partial charge on any atom is -0.271 e. The van der Waals surface area contributed by atoms with Crippen molar-refractivity contribution in [2.75, 3.05) is 0 Å². The summed E-state index contributed by atoms with van der Waals surface area (Å²) >= 11 is 0. The molecule has 66 valence electrons. The topological polar surface area (TPSA) is 41.6 Å². The van der Waals surface area contributed by atoms with Gasteiger partial charge in [-0.1, -0.05) is 12.8 Å². The zero-order valence-electron chi connectivity index (χ0n) is 6.82. The molecule has 1 saturated carbocycles. The van der Waals surface area contributed by atoms with Crippen molar-refractivity contribution >= 4 is 5.91 Å². The molecule has 0 spiro atoms. The lowest BCUT2D eigenvalue weighted by atomic mass is 9.76. The van der Waals surface area contributed by atoms with E-state index in [-0.39, 0.29) is 18.1 Å². The number of hydrogen-bond donors (Lipinski definition) is 1. The Kier molecular flexibility index (Phi) is 1.26. The van der Waals surface area contributed by atoms with Gasteiger partial charge in [0.05, 0.1) is 0 Å². The Bertz CT molecular complexity index is 225. The van der Waals surface area contributed by atoms with E-state index >= 15 is 0 Å². The molecule has 4 rings (SSSR count). The highest BCUT2D eigenvalue weighted by molar-refractivity contribution is 5.79. The molecular formula is C8H12N2O2. The first-order valence-electron chi connectivity index (χ1n) is 4.63. The summed E-state index contributed by atoms with van der Waals surface area (Å²) in [4.78, 5) is 16.8. The van der Waals surface area contributed by atoms with Crippen LogP contribution in [0, 0.1) is 11.8 Å². The first-order valence-corrected chi connectivity index (χ1v) is 4.63. The van der Waals surface area contributed by atoms with Crippen molar-refractivity contribution in [1.29, 1.82) is 0 Å².